The molecule has 3 aromatic rings. The highest BCUT2D eigenvalue weighted by Gasteiger charge is 2.18. The van der Waals surface area contributed by atoms with Crippen LogP contribution < -0.4 is 20.7 Å². The smallest absolute Gasteiger partial charge is 0.229 e. The highest BCUT2D eigenvalue weighted by Crippen LogP contribution is 2.31. The second kappa shape index (κ2) is 7.00. The van der Waals surface area contributed by atoms with Gasteiger partial charge < -0.3 is 20.7 Å². The van der Waals surface area contributed by atoms with Gasteiger partial charge in [0.2, 0.25) is 5.95 Å². The van der Waals surface area contributed by atoms with E-state index in [4.69, 9.17) is 20.7 Å². The van der Waals surface area contributed by atoms with Crippen molar-refractivity contribution >= 4 is 34.0 Å². The van der Waals surface area contributed by atoms with Gasteiger partial charge in [-0.2, -0.15) is 10.2 Å². The summed E-state index contributed by atoms with van der Waals surface area (Å²) in [5.74, 6) is 2.12. The van der Waals surface area contributed by atoms with Crippen LogP contribution >= 0.6 is 0 Å². The van der Waals surface area contributed by atoms with Gasteiger partial charge in [-0.3, -0.25) is 0 Å². The summed E-state index contributed by atoms with van der Waals surface area (Å²) in [5.41, 5.74) is 8.37. The largest absolute Gasteiger partial charge is 0.497 e. The zero-order valence-corrected chi connectivity index (χ0v) is 15.1. The first-order valence-electron chi connectivity index (χ1n) is 8.85. The maximum absolute atomic E-state index is 9.15. The molecular weight excluding hydrogens is 340 g/mol. The maximum Gasteiger partial charge on any atom is 0.229 e. The molecule has 0 spiro atoms. The van der Waals surface area contributed by atoms with Crippen LogP contribution in [0.3, 0.4) is 0 Å². The van der Waals surface area contributed by atoms with E-state index in [0.29, 0.717) is 22.9 Å². The third-order valence-corrected chi connectivity index (χ3v) is 4.63. The number of anilines is 4. The average Bonchev–Trinajstić information content (AvgIpc) is 3.21. The minimum Gasteiger partial charge on any atom is -0.497 e. The first-order chi connectivity index (χ1) is 13.2. The van der Waals surface area contributed by atoms with Crippen molar-refractivity contribution in [3.8, 4) is 11.8 Å². The summed E-state index contributed by atoms with van der Waals surface area (Å²) < 4.78 is 5.34. The predicted octanol–water partition coefficient (Wildman–Crippen LogP) is 3.44. The summed E-state index contributed by atoms with van der Waals surface area (Å²) in [7, 11) is 1.64. The fourth-order valence-electron chi connectivity index (χ4n) is 3.36. The Balaban J connectivity index is 1.80. The number of rotatable bonds is 4. The zero-order valence-electron chi connectivity index (χ0n) is 15.1. The van der Waals surface area contributed by atoms with E-state index in [0.717, 1.165) is 48.4 Å². The third kappa shape index (κ3) is 3.42. The first-order valence-corrected chi connectivity index (χ1v) is 8.85. The minimum atomic E-state index is 0.465. The van der Waals surface area contributed by atoms with E-state index >= 15 is 0 Å². The Morgan fingerprint density at radius 1 is 1.15 bits per heavy atom. The van der Waals surface area contributed by atoms with Crippen LogP contribution in [0.2, 0.25) is 0 Å². The number of benzene rings is 2. The standard InChI is InChI=1S/C20H20N6O/c1-27-16-4-5-17-18(11-16)24-20(25-19(17)26-6-2-3-7-26)23-15-9-13(12-21)8-14(22)10-15/h4-5,8-11H,2-3,6-7,22H2,1H3,(H,23,24,25). The van der Waals surface area contributed by atoms with Gasteiger partial charge in [-0.15, -0.1) is 0 Å². The van der Waals surface area contributed by atoms with Crippen molar-refractivity contribution in [3.05, 3.63) is 42.0 Å². The van der Waals surface area contributed by atoms with Crippen molar-refractivity contribution < 1.29 is 4.74 Å². The lowest BCUT2D eigenvalue weighted by Gasteiger charge is -2.20. The average molecular weight is 360 g/mol. The Bertz CT molecular complexity index is 1040. The Morgan fingerprint density at radius 3 is 2.70 bits per heavy atom. The van der Waals surface area contributed by atoms with Gasteiger partial charge in [-0.05, 0) is 43.2 Å². The molecule has 27 heavy (non-hydrogen) atoms. The number of ether oxygens (including phenoxy) is 1. The molecule has 3 N–H and O–H groups in total. The molecule has 1 aliphatic rings. The van der Waals surface area contributed by atoms with E-state index in [1.165, 1.54) is 0 Å². The second-order valence-corrected chi connectivity index (χ2v) is 6.53. The number of methoxy groups -OCH3 is 1. The summed E-state index contributed by atoms with van der Waals surface area (Å²) in [6.07, 6.45) is 2.32. The highest BCUT2D eigenvalue weighted by atomic mass is 16.5. The van der Waals surface area contributed by atoms with E-state index in [2.05, 4.69) is 21.3 Å². The number of nitrogen functional groups attached to an aromatic ring is 1. The van der Waals surface area contributed by atoms with Crippen molar-refractivity contribution in [3.63, 3.8) is 0 Å². The molecule has 0 atom stereocenters. The first kappa shape index (κ1) is 16.9. The van der Waals surface area contributed by atoms with Crippen molar-refractivity contribution in [2.24, 2.45) is 0 Å². The number of nitrogens with zero attached hydrogens (tertiary/aromatic N) is 4. The van der Waals surface area contributed by atoms with Crippen LogP contribution in [0.1, 0.15) is 18.4 Å². The van der Waals surface area contributed by atoms with E-state index < -0.39 is 0 Å². The van der Waals surface area contributed by atoms with Gasteiger partial charge in [-0.25, -0.2) is 4.98 Å². The SMILES string of the molecule is COc1ccc2c(N3CCCC3)nc(Nc3cc(N)cc(C#N)c3)nc2c1. The lowest BCUT2D eigenvalue weighted by atomic mass is 10.2. The normalized spacial score (nSPS) is 13.6. The molecule has 2 heterocycles. The fraction of sp³-hybridized carbons (Fsp3) is 0.250. The van der Waals surface area contributed by atoms with Gasteiger partial charge >= 0.3 is 0 Å². The molecule has 0 bridgehead atoms. The highest BCUT2D eigenvalue weighted by molar-refractivity contribution is 5.92. The van der Waals surface area contributed by atoms with Gasteiger partial charge in [0.05, 0.1) is 24.3 Å². The molecule has 136 valence electrons. The summed E-state index contributed by atoms with van der Waals surface area (Å²) in [6, 6.07) is 13.1. The van der Waals surface area contributed by atoms with Crippen LogP contribution in [-0.2, 0) is 0 Å². The van der Waals surface area contributed by atoms with Crippen molar-refractivity contribution in [1.82, 2.24) is 9.97 Å². The van der Waals surface area contributed by atoms with Crippen LogP contribution in [0.4, 0.5) is 23.1 Å². The molecular formula is C20H20N6O. The molecule has 7 nitrogen and oxygen atoms in total. The van der Waals surface area contributed by atoms with Gasteiger partial charge in [0.1, 0.15) is 11.6 Å². The maximum atomic E-state index is 9.15. The number of nitrogens with two attached hydrogens (primary N) is 1. The van der Waals surface area contributed by atoms with Crippen LogP contribution in [-0.4, -0.2) is 30.2 Å². The quantitative estimate of drug-likeness (QED) is 0.687. The topological polar surface area (TPSA) is 100 Å². The Kier molecular flexibility index (Phi) is 4.38. The summed E-state index contributed by atoms with van der Waals surface area (Å²) >= 11 is 0. The fourth-order valence-corrected chi connectivity index (χ4v) is 3.36. The molecule has 1 fully saturated rings. The lowest BCUT2D eigenvalue weighted by molar-refractivity contribution is 0.415. The Morgan fingerprint density at radius 2 is 1.96 bits per heavy atom. The minimum absolute atomic E-state index is 0.465. The predicted molar refractivity (Wildman–Crippen MR) is 106 cm³/mol. The van der Waals surface area contributed by atoms with Crippen molar-refractivity contribution in [1.29, 1.82) is 5.26 Å². The number of nitriles is 1. The zero-order chi connectivity index (χ0) is 18.8. The lowest BCUT2D eigenvalue weighted by Crippen LogP contribution is -2.20. The van der Waals surface area contributed by atoms with E-state index in [1.807, 2.05) is 18.2 Å². The molecule has 0 aliphatic carbocycles. The van der Waals surface area contributed by atoms with Crippen LogP contribution in [0.5, 0.6) is 5.75 Å². The molecule has 1 aromatic heterocycles. The van der Waals surface area contributed by atoms with E-state index in [9.17, 15) is 0 Å². The Labute approximate surface area is 157 Å². The molecule has 0 unspecified atom stereocenters. The number of nitrogens with one attached hydrogen (secondary N) is 1. The number of aromatic nitrogens is 2. The summed E-state index contributed by atoms with van der Waals surface area (Å²) in [4.78, 5) is 11.7. The molecule has 0 saturated carbocycles. The van der Waals surface area contributed by atoms with Crippen LogP contribution in [0.15, 0.2) is 36.4 Å². The Hall–Kier alpha value is -3.53. The monoisotopic (exact) mass is 360 g/mol. The molecule has 2 aromatic carbocycles. The summed E-state index contributed by atoms with van der Waals surface area (Å²) in [5, 5.41) is 13.3. The molecule has 7 heteroatoms. The van der Waals surface area contributed by atoms with Gasteiger partial charge in [0.15, 0.2) is 0 Å². The molecule has 1 saturated heterocycles. The van der Waals surface area contributed by atoms with Crippen molar-refractivity contribution in [2.45, 2.75) is 12.8 Å². The number of fused-ring (bicyclic) bond motifs is 1. The third-order valence-electron chi connectivity index (χ3n) is 4.63. The van der Waals surface area contributed by atoms with Gasteiger partial charge in [0.25, 0.3) is 0 Å². The molecule has 4 rings (SSSR count). The summed E-state index contributed by atoms with van der Waals surface area (Å²) in [6.45, 7) is 1.96. The molecule has 0 radical (unpaired) electrons. The van der Waals surface area contributed by atoms with Crippen LogP contribution in [0.25, 0.3) is 10.9 Å². The number of hydrogen-bond acceptors (Lipinski definition) is 7. The van der Waals surface area contributed by atoms with Crippen LogP contribution in [0, 0.1) is 11.3 Å². The second-order valence-electron chi connectivity index (χ2n) is 6.53. The number of hydrogen-bond donors (Lipinski definition) is 2. The van der Waals surface area contributed by atoms with Gasteiger partial charge in [0, 0.05) is 35.9 Å². The van der Waals surface area contributed by atoms with Crippen molar-refractivity contribution in [2.75, 3.05) is 36.1 Å². The van der Waals surface area contributed by atoms with Gasteiger partial charge in [-0.1, -0.05) is 0 Å². The molecule has 0 amide bonds. The van der Waals surface area contributed by atoms with E-state index in [-0.39, 0.29) is 0 Å². The van der Waals surface area contributed by atoms with E-state index in [1.54, 1.807) is 25.3 Å². The molecule has 1 aliphatic heterocycles.